The first-order valence-electron chi connectivity index (χ1n) is 9.40. The number of hydrogen-bond acceptors (Lipinski definition) is 5. The van der Waals surface area contributed by atoms with Gasteiger partial charge in [-0.15, -0.1) is 0 Å². The van der Waals surface area contributed by atoms with Crippen LogP contribution in [-0.2, 0) is 14.8 Å². The van der Waals surface area contributed by atoms with E-state index in [0.717, 1.165) is 38.8 Å². The highest BCUT2D eigenvalue weighted by Gasteiger charge is 2.28. The molecule has 0 radical (unpaired) electrons. The van der Waals surface area contributed by atoms with Crippen LogP contribution in [0.4, 0.5) is 0 Å². The number of aromatic nitrogens is 1. The summed E-state index contributed by atoms with van der Waals surface area (Å²) in [6, 6.07) is 3.31. The zero-order valence-corrected chi connectivity index (χ0v) is 16.9. The maximum atomic E-state index is 12.6. The number of amides is 1. The van der Waals surface area contributed by atoms with Crippen molar-refractivity contribution in [3.63, 3.8) is 0 Å². The zero-order chi connectivity index (χ0) is 18.6. The van der Waals surface area contributed by atoms with Gasteiger partial charge in [0.05, 0.1) is 10.3 Å². The van der Waals surface area contributed by atoms with Gasteiger partial charge >= 0.3 is 0 Å². The largest absolute Gasteiger partial charge is 0.342 e. The van der Waals surface area contributed by atoms with E-state index in [1.807, 2.05) is 11.8 Å². The highest BCUT2D eigenvalue weighted by Crippen LogP contribution is 2.26. The Kier molecular flexibility index (Phi) is 6.58. The number of likely N-dealkylation sites (tertiary alicyclic amines) is 1. The van der Waals surface area contributed by atoms with Crippen LogP contribution in [0.15, 0.2) is 28.3 Å². The standard InChI is InChI=1S/C18H27N3O3S2/c1-15(18(22)20-10-4-2-3-5-11-20)25-17-9-8-16(14-19-17)26(23,24)21-12-6-7-13-21/h8-9,14-15H,2-7,10-13H2,1H3/t15-/m0/s1. The van der Waals surface area contributed by atoms with Gasteiger partial charge in [0.2, 0.25) is 15.9 Å². The molecule has 0 spiro atoms. The molecule has 0 unspecified atom stereocenters. The molecule has 2 fully saturated rings. The topological polar surface area (TPSA) is 70.6 Å². The molecular weight excluding hydrogens is 370 g/mol. The van der Waals surface area contributed by atoms with Crippen LogP contribution in [0.25, 0.3) is 0 Å². The van der Waals surface area contributed by atoms with Gasteiger partial charge in [0.1, 0.15) is 4.90 Å². The minimum Gasteiger partial charge on any atom is -0.342 e. The molecule has 1 aromatic heterocycles. The smallest absolute Gasteiger partial charge is 0.244 e. The van der Waals surface area contributed by atoms with Crippen LogP contribution in [0, 0.1) is 0 Å². The van der Waals surface area contributed by atoms with E-state index in [1.165, 1.54) is 35.1 Å². The van der Waals surface area contributed by atoms with E-state index in [0.29, 0.717) is 18.1 Å². The van der Waals surface area contributed by atoms with Crippen LogP contribution in [0.2, 0.25) is 0 Å². The van der Waals surface area contributed by atoms with Crippen LogP contribution in [-0.4, -0.2) is 59.9 Å². The molecule has 3 rings (SSSR count). The monoisotopic (exact) mass is 397 g/mol. The molecule has 0 aliphatic carbocycles. The van der Waals surface area contributed by atoms with Gasteiger partial charge < -0.3 is 4.90 Å². The van der Waals surface area contributed by atoms with Crippen LogP contribution in [0.3, 0.4) is 0 Å². The summed E-state index contributed by atoms with van der Waals surface area (Å²) in [4.78, 5) is 19.1. The first-order valence-corrected chi connectivity index (χ1v) is 11.7. The fourth-order valence-electron chi connectivity index (χ4n) is 3.45. The highest BCUT2D eigenvalue weighted by atomic mass is 32.2. The third kappa shape index (κ3) is 4.58. The van der Waals surface area contributed by atoms with Crippen molar-refractivity contribution in [3.05, 3.63) is 18.3 Å². The normalized spacial score (nSPS) is 20.7. The van der Waals surface area contributed by atoms with Crippen molar-refractivity contribution in [3.8, 4) is 0 Å². The van der Waals surface area contributed by atoms with Gasteiger partial charge in [0, 0.05) is 32.4 Å². The summed E-state index contributed by atoms with van der Waals surface area (Å²) >= 11 is 1.39. The van der Waals surface area contributed by atoms with E-state index in [9.17, 15) is 13.2 Å². The summed E-state index contributed by atoms with van der Waals surface area (Å²) in [6.07, 6.45) is 7.78. The molecule has 8 heteroatoms. The van der Waals surface area contributed by atoms with Crippen LogP contribution in [0.1, 0.15) is 45.4 Å². The predicted octanol–water partition coefficient (Wildman–Crippen LogP) is 2.75. The molecule has 2 aliphatic rings. The Bertz CT molecular complexity index is 708. The summed E-state index contributed by atoms with van der Waals surface area (Å²) in [6.45, 7) is 4.74. The Balaban J connectivity index is 1.62. The molecule has 144 valence electrons. The lowest BCUT2D eigenvalue weighted by atomic mass is 10.2. The lowest BCUT2D eigenvalue weighted by Gasteiger charge is -2.23. The van der Waals surface area contributed by atoms with E-state index in [2.05, 4.69) is 4.98 Å². The van der Waals surface area contributed by atoms with Crippen LogP contribution in [0.5, 0.6) is 0 Å². The minimum absolute atomic E-state index is 0.146. The Labute approximate surface area is 160 Å². The van der Waals surface area contributed by atoms with E-state index < -0.39 is 10.0 Å². The van der Waals surface area contributed by atoms with Gasteiger partial charge in [-0.25, -0.2) is 13.4 Å². The average Bonchev–Trinajstić information content (AvgIpc) is 3.06. The molecule has 1 atom stereocenters. The molecule has 0 saturated carbocycles. The number of carbonyl (C=O) groups is 1. The van der Waals surface area contributed by atoms with Gasteiger partial charge in [0.25, 0.3) is 0 Å². The molecule has 26 heavy (non-hydrogen) atoms. The van der Waals surface area contributed by atoms with E-state index in [-0.39, 0.29) is 16.1 Å². The summed E-state index contributed by atoms with van der Waals surface area (Å²) in [7, 11) is -3.44. The average molecular weight is 398 g/mol. The molecule has 6 nitrogen and oxygen atoms in total. The lowest BCUT2D eigenvalue weighted by molar-refractivity contribution is -0.130. The Hall–Kier alpha value is -1.12. The Morgan fingerprint density at radius 3 is 2.23 bits per heavy atom. The Morgan fingerprint density at radius 1 is 1.04 bits per heavy atom. The van der Waals surface area contributed by atoms with Gasteiger partial charge in [-0.1, -0.05) is 24.6 Å². The molecule has 3 heterocycles. The molecule has 0 bridgehead atoms. The third-order valence-electron chi connectivity index (χ3n) is 4.98. The van der Waals surface area contributed by atoms with Crippen molar-refractivity contribution >= 4 is 27.7 Å². The second-order valence-electron chi connectivity index (χ2n) is 6.94. The number of hydrogen-bond donors (Lipinski definition) is 0. The van der Waals surface area contributed by atoms with Gasteiger partial charge in [-0.2, -0.15) is 4.31 Å². The van der Waals surface area contributed by atoms with Gasteiger partial charge in [-0.05, 0) is 44.7 Å². The van der Waals surface area contributed by atoms with E-state index in [1.54, 1.807) is 12.1 Å². The second kappa shape index (κ2) is 8.71. The van der Waals surface area contributed by atoms with Crippen molar-refractivity contribution in [2.75, 3.05) is 26.2 Å². The number of rotatable bonds is 5. The summed E-state index contributed by atoms with van der Waals surface area (Å²) in [5.74, 6) is 0.146. The van der Waals surface area contributed by atoms with Crippen molar-refractivity contribution in [2.45, 2.75) is 60.6 Å². The molecule has 0 aromatic carbocycles. The minimum atomic E-state index is -3.44. The summed E-state index contributed by atoms with van der Waals surface area (Å²) < 4.78 is 26.6. The number of thioether (sulfide) groups is 1. The molecule has 1 aromatic rings. The second-order valence-corrected chi connectivity index (χ2v) is 10.2. The van der Waals surface area contributed by atoms with E-state index >= 15 is 0 Å². The maximum absolute atomic E-state index is 12.6. The lowest BCUT2D eigenvalue weighted by Crippen LogP contribution is -2.37. The highest BCUT2D eigenvalue weighted by molar-refractivity contribution is 8.00. The fraction of sp³-hybridized carbons (Fsp3) is 0.667. The van der Waals surface area contributed by atoms with E-state index in [4.69, 9.17) is 0 Å². The molecular formula is C18H27N3O3S2. The van der Waals surface area contributed by atoms with Gasteiger partial charge in [-0.3, -0.25) is 4.79 Å². The number of carbonyl (C=O) groups excluding carboxylic acids is 1. The fourth-order valence-corrected chi connectivity index (χ4v) is 5.78. The van der Waals surface area contributed by atoms with Crippen molar-refractivity contribution < 1.29 is 13.2 Å². The van der Waals surface area contributed by atoms with Crippen LogP contribution >= 0.6 is 11.8 Å². The predicted molar refractivity (Wildman–Crippen MR) is 103 cm³/mol. The van der Waals surface area contributed by atoms with Crippen molar-refractivity contribution in [1.82, 2.24) is 14.2 Å². The molecule has 1 amide bonds. The molecule has 0 N–H and O–H groups in total. The van der Waals surface area contributed by atoms with Crippen molar-refractivity contribution in [1.29, 1.82) is 0 Å². The SMILES string of the molecule is C[C@H](Sc1ccc(S(=O)(=O)N2CCCC2)cn1)C(=O)N1CCCCCC1. The number of pyridine rings is 1. The number of nitrogens with zero attached hydrogens (tertiary/aromatic N) is 3. The number of sulfonamides is 1. The quantitative estimate of drug-likeness (QED) is 0.715. The zero-order valence-electron chi connectivity index (χ0n) is 15.3. The third-order valence-corrected chi connectivity index (χ3v) is 7.90. The molecule has 2 saturated heterocycles. The molecule has 2 aliphatic heterocycles. The van der Waals surface area contributed by atoms with Gasteiger partial charge in [0.15, 0.2) is 0 Å². The Morgan fingerprint density at radius 2 is 1.65 bits per heavy atom. The summed E-state index contributed by atoms with van der Waals surface area (Å²) in [5.41, 5.74) is 0. The first kappa shape index (κ1) is 19.6. The van der Waals surface area contributed by atoms with Crippen molar-refractivity contribution in [2.24, 2.45) is 0 Å². The van der Waals surface area contributed by atoms with Crippen LogP contribution < -0.4 is 0 Å². The summed E-state index contributed by atoms with van der Waals surface area (Å²) in [5, 5.41) is 0.461. The first-order chi connectivity index (χ1) is 12.5. The maximum Gasteiger partial charge on any atom is 0.244 e.